The van der Waals surface area contributed by atoms with E-state index in [0.717, 1.165) is 45.7 Å². The molecule has 0 spiro atoms. The third-order valence-corrected chi connectivity index (χ3v) is 11.1. The van der Waals surface area contributed by atoms with Crippen LogP contribution in [0.25, 0.3) is 5.69 Å². The van der Waals surface area contributed by atoms with Crippen LogP contribution in [-0.4, -0.2) is 58.0 Å². The van der Waals surface area contributed by atoms with Gasteiger partial charge in [-0.25, -0.2) is 9.78 Å². The van der Waals surface area contributed by atoms with Crippen LogP contribution in [0.2, 0.25) is 0 Å². The van der Waals surface area contributed by atoms with Gasteiger partial charge >= 0.3 is 13.1 Å². The first-order valence-corrected chi connectivity index (χ1v) is 22.9. The highest BCUT2D eigenvalue weighted by atomic mass is 79.9. The van der Waals surface area contributed by atoms with E-state index in [9.17, 15) is 9.59 Å². The Balaban J connectivity index is 0.000000443. The molecule has 4 aromatic rings. The Morgan fingerprint density at radius 3 is 1.84 bits per heavy atom. The van der Waals surface area contributed by atoms with Crippen LogP contribution in [0.3, 0.4) is 0 Å². The first kappa shape index (κ1) is 54.2. The lowest BCUT2D eigenvalue weighted by Crippen LogP contribution is -2.45. The Kier molecular flexibility index (Phi) is 21.7. The van der Waals surface area contributed by atoms with E-state index in [0.29, 0.717) is 12.0 Å². The van der Waals surface area contributed by atoms with Gasteiger partial charge in [-0.05, 0) is 129 Å². The number of ether oxygens (including phenoxy) is 2. The van der Waals surface area contributed by atoms with Crippen molar-refractivity contribution in [2.45, 2.75) is 177 Å². The Labute approximate surface area is 383 Å². The van der Waals surface area contributed by atoms with Gasteiger partial charge < -0.3 is 28.7 Å². The van der Waals surface area contributed by atoms with Crippen molar-refractivity contribution in [3.63, 3.8) is 0 Å². The van der Waals surface area contributed by atoms with E-state index in [1.54, 1.807) is 18.5 Å². The molecular weight excluding hydrogens is 841 g/mol. The Morgan fingerprint density at radius 2 is 1.35 bits per heavy atom. The fourth-order valence-corrected chi connectivity index (χ4v) is 6.32. The first-order chi connectivity index (χ1) is 28.6. The predicted molar refractivity (Wildman–Crippen MR) is 261 cm³/mol. The Morgan fingerprint density at radius 1 is 0.790 bits per heavy atom. The van der Waals surface area contributed by atoms with Crippen molar-refractivity contribution in [1.29, 1.82) is 0 Å². The number of rotatable bonds is 15. The molecule has 1 atom stereocenters. The maximum atomic E-state index is 13.1. The molecule has 0 saturated carbocycles. The topological polar surface area (TPSA) is 101 Å². The molecule has 9 nitrogen and oxygen atoms in total. The molecule has 1 aromatic heterocycles. The highest BCUT2D eigenvalue weighted by Gasteiger charge is 2.51. The Hall–Kier alpha value is -3.93. The van der Waals surface area contributed by atoms with Crippen LogP contribution in [0, 0.1) is 0 Å². The molecule has 1 fully saturated rings. The van der Waals surface area contributed by atoms with Gasteiger partial charge in [-0.2, -0.15) is 0 Å². The number of nitrogens with zero attached hydrogens (tertiary/aromatic N) is 2. The molecule has 1 N–H and O–H groups in total. The predicted octanol–water partition coefficient (Wildman–Crippen LogP) is 12.4. The average Bonchev–Trinajstić information content (AvgIpc) is 3.73. The molecule has 1 aliphatic rings. The maximum absolute atomic E-state index is 13.1. The third-order valence-electron chi connectivity index (χ3n) is 10.7. The fourth-order valence-electron chi connectivity index (χ4n) is 6.01. The maximum Gasteiger partial charge on any atom is 0.494 e. The zero-order chi connectivity index (χ0) is 45.4. The van der Waals surface area contributed by atoms with Crippen molar-refractivity contribution in [1.82, 2.24) is 14.9 Å². The zero-order valence-corrected chi connectivity index (χ0v) is 40.9. The monoisotopic (exact) mass is 918 g/mol. The van der Waals surface area contributed by atoms with E-state index in [1.807, 2.05) is 120 Å². The van der Waals surface area contributed by atoms with Gasteiger partial charge in [0.15, 0.2) is 0 Å². The summed E-state index contributed by atoms with van der Waals surface area (Å²) in [6, 6.07) is 22.5. The lowest BCUT2D eigenvalue weighted by Gasteiger charge is -2.32. The molecule has 2 heterocycles. The van der Waals surface area contributed by atoms with E-state index >= 15 is 0 Å². The molecule has 1 saturated heterocycles. The van der Waals surface area contributed by atoms with Crippen molar-refractivity contribution in [2.75, 3.05) is 6.61 Å². The van der Waals surface area contributed by atoms with Gasteiger partial charge in [0, 0.05) is 23.9 Å². The number of benzene rings is 3. The number of hydrogen-bond donors (Lipinski definition) is 1. The molecule has 5 rings (SSSR count). The number of halogens is 1. The molecular formula is C51H77BBrN3O6. The van der Waals surface area contributed by atoms with Gasteiger partial charge in [0.05, 0.1) is 17.8 Å². The number of carbonyl (C=O) groups excluding carboxylic acids is 2. The molecule has 0 radical (unpaired) electrons. The highest BCUT2D eigenvalue weighted by Crippen LogP contribution is 2.36. The second kappa shape index (κ2) is 24.8. The average molecular weight is 919 g/mol. The summed E-state index contributed by atoms with van der Waals surface area (Å²) in [6.45, 7) is 27.3. The van der Waals surface area contributed by atoms with Crippen molar-refractivity contribution in [3.8, 4) is 11.4 Å². The Bertz CT molecular complexity index is 1900. The molecule has 62 heavy (non-hydrogen) atoms. The molecule has 1 amide bonds. The van der Waals surface area contributed by atoms with E-state index in [4.69, 9.17) is 18.8 Å². The SMILES string of the molecule is C.CC(C)(C)OC(=O)C(Cc1ccc(B2OC(C)(C)C(C)(C)O2)cc1)NC(=O)c1ccc(C(C)(C)C)cc1.CCCC.CCCCCCCOc1ccc(-n2cnc(Br)c2)cc1. The molecule has 1 aliphatic heterocycles. The minimum absolute atomic E-state index is 0. The lowest BCUT2D eigenvalue weighted by molar-refractivity contribution is -0.157. The molecule has 1 unspecified atom stereocenters. The van der Waals surface area contributed by atoms with Crippen LogP contribution in [0.5, 0.6) is 5.75 Å². The molecule has 342 valence electrons. The van der Waals surface area contributed by atoms with E-state index < -0.39 is 35.9 Å². The van der Waals surface area contributed by atoms with Crippen LogP contribution in [0.1, 0.15) is 164 Å². The third kappa shape index (κ3) is 17.7. The molecule has 0 aliphatic carbocycles. The molecule has 3 aromatic carbocycles. The van der Waals surface area contributed by atoms with Crippen molar-refractivity contribution < 1.29 is 28.4 Å². The van der Waals surface area contributed by atoms with Crippen molar-refractivity contribution in [3.05, 3.63) is 107 Å². The fraction of sp³-hybridized carbons (Fsp3) is 0.549. The second-order valence-corrected chi connectivity index (χ2v) is 19.6. The van der Waals surface area contributed by atoms with Gasteiger partial charge in [-0.3, -0.25) is 4.79 Å². The summed E-state index contributed by atoms with van der Waals surface area (Å²) < 4.78 is 26.5. The number of hydrogen-bond acceptors (Lipinski definition) is 7. The van der Waals surface area contributed by atoms with Crippen LogP contribution < -0.4 is 15.5 Å². The minimum atomic E-state index is -0.836. The van der Waals surface area contributed by atoms with Crippen molar-refractivity contribution >= 4 is 40.4 Å². The summed E-state index contributed by atoms with van der Waals surface area (Å²) in [5.41, 5.74) is 2.97. The largest absolute Gasteiger partial charge is 0.494 e. The number of nitrogens with one attached hydrogen (secondary N) is 1. The number of aromatic nitrogens is 2. The van der Waals surface area contributed by atoms with Gasteiger partial charge in [0.25, 0.3) is 5.91 Å². The number of imidazole rings is 1. The summed E-state index contributed by atoms with van der Waals surface area (Å²) >= 11 is 3.35. The molecule has 0 bridgehead atoms. The highest BCUT2D eigenvalue weighted by molar-refractivity contribution is 9.10. The number of esters is 1. The van der Waals surface area contributed by atoms with Crippen molar-refractivity contribution in [2.24, 2.45) is 0 Å². The normalized spacial score (nSPS) is 14.6. The zero-order valence-electron chi connectivity index (χ0n) is 39.3. The summed E-state index contributed by atoms with van der Waals surface area (Å²) in [4.78, 5) is 30.3. The quantitative estimate of drug-likeness (QED) is 0.0720. The van der Waals surface area contributed by atoms with Crippen LogP contribution in [0.15, 0.2) is 89.9 Å². The van der Waals surface area contributed by atoms with Crippen LogP contribution in [0.4, 0.5) is 0 Å². The van der Waals surface area contributed by atoms with E-state index in [1.165, 1.54) is 38.5 Å². The van der Waals surface area contributed by atoms with Crippen LogP contribution >= 0.6 is 15.9 Å². The van der Waals surface area contributed by atoms with Gasteiger partial charge in [0.2, 0.25) is 0 Å². The first-order valence-electron chi connectivity index (χ1n) is 22.1. The number of unbranched alkanes of at least 4 members (excludes halogenated alkanes) is 5. The summed E-state index contributed by atoms with van der Waals surface area (Å²) in [6.07, 6.45) is 13.0. The second-order valence-electron chi connectivity index (χ2n) is 18.8. The standard InChI is InChI=1S/C30H42BNO5.C16H21BrN2O.C4H10.CH4/c1-27(2,3)22-15-13-21(14-16-22)25(33)32-24(26(34)35-28(4,5)6)19-20-11-17-23(18-12-20)31-36-29(7,8)30(9,10)37-31;1-2-3-4-5-6-11-20-15-9-7-14(8-10-15)19-12-16(17)18-13-19;1-3-4-2;/h11-18,24H,19H2,1-10H3,(H,32,33);7-10,12-13H,2-6,11H2,1H3;3-4H2,1-2H3;1H4. The summed E-state index contributed by atoms with van der Waals surface area (Å²) in [5.74, 6) is 0.149. The van der Waals surface area contributed by atoms with Crippen LogP contribution in [-0.2, 0) is 30.7 Å². The lowest BCUT2D eigenvalue weighted by atomic mass is 9.78. The smallest absolute Gasteiger partial charge is 0.494 e. The van der Waals surface area contributed by atoms with E-state index in [2.05, 4.69) is 67.8 Å². The summed E-state index contributed by atoms with van der Waals surface area (Å²) in [5, 5.41) is 2.89. The van der Waals surface area contributed by atoms with Gasteiger partial charge in [-0.1, -0.05) is 124 Å². The number of amides is 1. The van der Waals surface area contributed by atoms with Gasteiger partial charge in [-0.15, -0.1) is 0 Å². The number of carbonyl (C=O) groups is 2. The van der Waals surface area contributed by atoms with Gasteiger partial charge in [0.1, 0.15) is 28.3 Å². The minimum Gasteiger partial charge on any atom is -0.494 e. The molecule has 11 heteroatoms. The summed E-state index contributed by atoms with van der Waals surface area (Å²) in [7, 11) is -0.462. The van der Waals surface area contributed by atoms with E-state index in [-0.39, 0.29) is 18.7 Å².